The highest BCUT2D eigenvalue weighted by Gasteiger charge is 2.28. The fraction of sp³-hybridized carbons (Fsp3) is 0.435. The van der Waals surface area contributed by atoms with Gasteiger partial charge in [0.1, 0.15) is 5.00 Å². The van der Waals surface area contributed by atoms with Gasteiger partial charge in [-0.05, 0) is 51.3 Å². The number of nitrogens with one attached hydrogen (secondary N) is 2. The van der Waals surface area contributed by atoms with Gasteiger partial charge in [-0.15, -0.1) is 11.3 Å². The zero-order valence-electron chi connectivity index (χ0n) is 17.7. The summed E-state index contributed by atoms with van der Waals surface area (Å²) in [4.78, 5) is 38.7. The molecule has 0 spiro atoms. The molecule has 1 aromatic carbocycles. The molecule has 1 aromatic heterocycles. The predicted octanol–water partition coefficient (Wildman–Crippen LogP) is 4.86. The lowest BCUT2D eigenvalue weighted by molar-refractivity contribution is 0.0527. The van der Waals surface area contributed by atoms with Gasteiger partial charge in [0.25, 0.3) is 11.8 Å². The Kier molecular flexibility index (Phi) is 7.26. The molecule has 2 N–H and O–H groups in total. The third-order valence-corrected chi connectivity index (χ3v) is 6.49. The first-order valence-corrected chi connectivity index (χ1v) is 11.2. The summed E-state index contributed by atoms with van der Waals surface area (Å²) in [6.07, 6.45) is 5.36. The van der Waals surface area contributed by atoms with Gasteiger partial charge < -0.3 is 15.4 Å². The molecule has 1 fully saturated rings. The van der Waals surface area contributed by atoms with E-state index in [2.05, 4.69) is 10.6 Å². The first kappa shape index (κ1) is 22.0. The monoisotopic (exact) mass is 428 g/mol. The number of hydrogen-bond donors (Lipinski definition) is 2. The molecule has 30 heavy (non-hydrogen) atoms. The first-order valence-electron chi connectivity index (χ1n) is 10.4. The highest BCUT2D eigenvalue weighted by atomic mass is 32.1. The van der Waals surface area contributed by atoms with E-state index in [1.54, 1.807) is 32.0 Å². The molecule has 1 saturated carbocycles. The van der Waals surface area contributed by atoms with Gasteiger partial charge in [0.2, 0.25) is 0 Å². The smallest absolute Gasteiger partial charge is 0.341 e. The minimum absolute atomic E-state index is 0.157. The second kappa shape index (κ2) is 9.89. The number of benzene rings is 1. The number of ether oxygens (including phenoxy) is 1. The number of carbonyl (C=O) groups is 3. The topological polar surface area (TPSA) is 84.5 Å². The number of carbonyl (C=O) groups excluding carboxylic acids is 3. The van der Waals surface area contributed by atoms with Crippen molar-refractivity contribution in [3.63, 3.8) is 0 Å². The van der Waals surface area contributed by atoms with Crippen molar-refractivity contribution in [2.24, 2.45) is 0 Å². The van der Waals surface area contributed by atoms with E-state index in [9.17, 15) is 14.4 Å². The SMILES string of the molecule is CCOC(=O)c1c(NC(=O)c2cccc(C)c2)sc(C(=O)NC2CCCCC2)c1C. The Labute approximate surface area is 181 Å². The molecule has 7 heteroatoms. The maximum atomic E-state index is 12.9. The van der Waals surface area contributed by atoms with Crippen LogP contribution in [0.15, 0.2) is 24.3 Å². The Morgan fingerprint density at radius 3 is 2.50 bits per heavy atom. The molecule has 160 valence electrons. The minimum Gasteiger partial charge on any atom is -0.462 e. The van der Waals surface area contributed by atoms with Crippen LogP contribution in [0.4, 0.5) is 5.00 Å². The van der Waals surface area contributed by atoms with Gasteiger partial charge >= 0.3 is 5.97 Å². The van der Waals surface area contributed by atoms with Crippen molar-refractivity contribution in [2.45, 2.75) is 58.9 Å². The van der Waals surface area contributed by atoms with Crippen molar-refractivity contribution in [3.05, 3.63) is 51.4 Å². The van der Waals surface area contributed by atoms with Crippen LogP contribution in [0.5, 0.6) is 0 Å². The number of hydrogen-bond acceptors (Lipinski definition) is 5. The Hall–Kier alpha value is -2.67. The molecule has 0 unspecified atom stereocenters. The summed E-state index contributed by atoms with van der Waals surface area (Å²) >= 11 is 1.12. The normalized spacial score (nSPS) is 14.2. The van der Waals surface area contributed by atoms with Gasteiger partial charge in [0.15, 0.2) is 0 Å². The lowest BCUT2D eigenvalue weighted by Crippen LogP contribution is -2.36. The van der Waals surface area contributed by atoms with Crippen molar-refractivity contribution in [3.8, 4) is 0 Å². The molecule has 1 aliphatic carbocycles. The average Bonchev–Trinajstić information content (AvgIpc) is 3.05. The van der Waals surface area contributed by atoms with Crippen LogP contribution in [-0.4, -0.2) is 30.4 Å². The van der Waals surface area contributed by atoms with Crippen LogP contribution >= 0.6 is 11.3 Å². The van der Waals surface area contributed by atoms with E-state index < -0.39 is 5.97 Å². The van der Waals surface area contributed by atoms with Crippen molar-refractivity contribution < 1.29 is 19.1 Å². The summed E-state index contributed by atoms with van der Waals surface area (Å²) in [6, 6.07) is 7.35. The van der Waals surface area contributed by atoms with Crippen LogP contribution in [-0.2, 0) is 4.74 Å². The third-order valence-electron chi connectivity index (χ3n) is 5.28. The van der Waals surface area contributed by atoms with Crippen LogP contribution in [0, 0.1) is 13.8 Å². The summed E-state index contributed by atoms with van der Waals surface area (Å²) in [5, 5.41) is 6.24. The largest absolute Gasteiger partial charge is 0.462 e. The summed E-state index contributed by atoms with van der Waals surface area (Å²) in [7, 11) is 0. The lowest BCUT2D eigenvalue weighted by Gasteiger charge is -2.22. The van der Waals surface area contributed by atoms with E-state index in [4.69, 9.17) is 4.74 Å². The zero-order valence-corrected chi connectivity index (χ0v) is 18.5. The molecule has 0 saturated heterocycles. The van der Waals surface area contributed by atoms with Crippen LogP contribution in [0.3, 0.4) is 0 Å². The standard InChI is InChI=1S/C23H28N2O4S/c1-4-29-23(28)18-15(3)19(21(27)24-17-11-6-5-7-12-17)30-22(18)25-20(26)16-10-8-9-14(2)13-16/h8-10,13,17H,4-7,11-12H2,1-3H3,(H,24,27)(H,25,26). The van der Waals surface area contributed by atoms with Gasteiger partial charge in [-0.2, -0.15) is 0 Å². The van der Waals surface area contributed by atoms with E-state index in [-0.39, 0.29) is 30.0 Å². The number of anilines is 1. The minimum atomic E-state index is -0.539. The van der Waals surface area contributed by atoms with Crippen LogP contribution < -0.4 is 10.6 Å². The molecule has 0 aliphatic heterocycles. The fourth-order valence-corrected chi connectivity index (χ4v) is 4.82. The maximum absolute atomic E-state index is 12.9. The van der Waals surface area contributed by atoms with Crippen LogP contribution in [0.1, 0.15) is 80.5 Å². The second-order valence-corrected chi connectivity index (χ2v) is 8.63. The van der Waals surface area contributed by atoms with E-state index in [0.29, 0.717) is 21.0 Å². The van der Waals surface area contributed by atoms with Gasteiger partial charge in [-0.1, -0.05) is 37.0 Å². The summed E-state index contributed by atoms with van der Waals surface area (Å²) in [5.41, 5.74) is 2.23. The molecule has 3 rings (SSSR count). The number of aryl methyl sites for hydroxylation is 1. The van der Waals surface area contributed by atoms with Crippen molar-refractivity contribution in [1.29, 1.82) is 0 Å². The molecule has 6 nitrogen and oxygen atoms in total. The summed E-state index contributed by atoms with van der Waals surface area (Å²) in [5.74, 6) is -1.07. The Morgan fingerprint density at radius 2 is 1.83 bits per heavy atom. The summed E-state index contributed by atoms with van der Waals surface area (Å²) < 4.78 is 5.18. The van der Waals surface area contributed by atoms with Crippen LogP contribution in [0.25, 0.3) is 0 Å². The van der Waals surface area contributed by atoms with Gasteiger partial charge in [-0.25, -0.2) is 4.79 Å². The molecular formula is C23H28N2O4S. The first-order chi connectivity index (χ1) is 14.4. The van der Waals surface area contributed by atoms with Crippen molar-refractivity contribution in [2.75, 3.05) is 11.9 Å². The molecule has 2 aromatic rings. The van der Waals surface area contributed by atoms with Gasteiger partial charge in [-0.3, -0.25) is 9.59 Å². The Morgan fingerprint density at radius 1 is 1.10 bits per heavy atom. The van der Waals surface area contributed by atoms with Crippen LogP contribution in [0.2, 0.25) is 0 Å². The van der Waals surface area contributed by atoms with Gasteiger partial charge in [0.05, 0.1) is 17.0 Å². The highest BCUT2D eigenvalue weighted by Crippen LogP contribution is 2.34. The average molecular weight is 429 g/mol. The van der Waals surface area contributed by atoms with E-state index in [1.165, 1.54) is 6.42 Å². The molecule has 0 radical (unpaired) electrons. The maximum Gasteiger partial charge on any atom is 0.341 e. The number of amides is 2. The highest BCUT2D eigenvalue weighted by molar-refractivity contribution is 7.18. The molecule has 2 amide bonds. The number of rotatable bonds is 6. The zero-order chi connectivity index (χ0) is 21.7. The predicted molar refractivity (Wildman–Crippen MR) is 118 cm³/mol. The molecule has 0 bridgehead atoms. The molecule has 1 aliphatic rings. The quantitative estimate of drug-likeness (QED) is 0.644. The van der Waals surface area contributed by atoms with E-state index in [0.717, 1.165) is 42.6 Å². The Balaban J connectivity index is 1.88. The Bertz CT molecular complexity index is 945. The number of thiophene rings is 1. The molecular weight excluding hydrogens is 400 g/mol. The second-order valence-electron chi connectivity index (χ2n) is 7.61. The lowest BCUT2D eigenvalue weighted by atomic mass is 9.95. The van der Waals surface area contributed by atoms with Gasteiger partial charge in [0, 0.05) is 11.6 Å². The van der Waals surface area contributed by atoms with Crippen molar-refractivity contribution >= 4 is 34.1 Å². The fourth-order valence-electron chi connectivity index (χ4n) is 3.73. The third kappa shape index (κ3) is 5.08. The molecule has 0 atom stereocenters. The van der Waals surface area contributed by atoms with E-state index in [1.807, 2.05) is 13.0 Å². The van der Waals surface area contributed by atoms with E-state index >= 15 is 0 Å². The molecule has 1 heterocycles. The van der Waals surface area contributed by atoms with Crippen molar-refractivity contribution in [1.82, 2.24) is 5.32 Å². The number of esters is 1. The summed E-state index contributed by atoms with van der Waals surface area (Å²) in [6.45, 7) is 5.56.